The fourth-order valence-electron chi connectivity index (χ4n) is 3.04. The molecule has 2 amide bonds. The Balaban J connectivity index is 1.45. The molecule has 0 aliphatic rings. The van der Waals surface area contributed by atoms with Crippen molar-refractivity contribution in [1.82, 2.24) is 20.6 Å². The lowest BCUT2D eigenvalue weighted by Crippen LogP contribution is -2.21. The van der Waals surface area contributed by atoms with Gasteiger partial charge in [-0.3, -0.25) is 14.7 Å². The first-order chi connectivity index (χ1) is 17.0. The second-order valence-electron chi connectivity index (χ2n) is 7.17. The lowest BCUT2D eigenvalue weighted by atomic mass is 10.1. The van der Waals surface area contributed by atoms with E-state index < -0.39 is 11.7 Å². The second-order valence-corrected chi connectivity index (χ2v) is 9.03. The lowest BCUT2D eigenvalue weighted by molar-refractivity contribution is 0.0956. The number of carbonyl (C=O) groups excluding carboxylic acids is 2. The monoisotopic (exact) mass is 552 g/mol. The molecular formula is C24H18BrFN6O2S. The number of aromatic nitrogens is 3. The number of amides is 2. The van der Waals surface area contributed by atoms with Crippen LogP contribution in [0, 0.1) is 5.82 Å². The molecule has 4 rings (SSSR count). The Morgan fingerprint density at radius 1 is 1.09 bits per heavy atom. The van der Waals surface area contributed by atoms with E-state index in [2.05, 4.69) is 47.0 Å². The van der Waals surface area contributed by atoms with Crippen molar-refractivity contribution < 1.29 is 14.0 Å². The number of anilines is 1. The predicted molar refractivity (Wildman–Crippen MR) is 136 cm³/mol. The standard InChI is InChI=1S/C24H18BrFN6O2S/c25-18-7-8-21(20(11-18)23(34)31-28-12-15-3-2-6-19(26)10-15)30-22(33)17-5-1-4-16(9-17)13-35-24-27-14-29-32-24/h1-12,14H,13H2,(H,30,33)(H,31,34)(H,27,29,32)/b28-12+. The number of H-pyrrole nitrogens is 1. The van der Waals surface area contributed by atoms with Gasteiger partial charge in [0.15, 0.2) is 0 Å². The Morgan fingerprint density at radius 2 is 1.94 bits per heavy atom. The van der Waals surface area contributed by atoms with Crippen molar-refractivity contribution in [3.63, 3.8) is 0 Å². The van der Waals surface area contributed by atoms with Crippen LogP contribution in [0.5, 0.6) is 0 Å². The number of thioether (sulfide) groups is 1. The summed E-state index contributed by atoms with van der Waals surface area (Å²) < 4.78 is 14.0. The summed E-state index contributed by atoms with van der Waals surface area (Å²) in [5, 5.41) is 13.9. The summed E-state index contributed by atoms with van der Waals surface area (Å²) in [6.45, 7) is 0. The first kappa shape index (κ1) is 24.3. The number of rotatable bonds is 8. The van der Waals surface area contributed by atoms with Crippen molar-refractivity contribution in [3.05, 3.63) is 106 Å². The number of nitrogens with zero attached hydrogens (tertiary/aromatic N) is 3. The fraction of sp³-hybridized carbons (Fsp3) is 0.0417. The van der Waals surface area contributed by atoms with Gasteiger partial charge in [-0.2, -0.15) is 5.10 Å². The van der Waals surface area contributed by atoms with E-state index in [1.807, 2.05) is 6.07 Å². The normalized spacial score (nSPS) is 10.9. The highest BCUT2D eigenvalue weighted by atomic mass is 79.9. The van der Waals surface area contributed by atoms with Crippen LogP contribution < -0.4 is 10.7 Å². The zero-order chi connectivity index (χ0) is 24.6. The number of nitrogens with one attached hydrogen (secondary N) is 3. The molecule has 8 nitrogen and oxygen atoms in total. The Hall–Kier alpha value is -3.83. The summed E-state index contributed by atoms with van der Waals surface area (Å²) in [6, 6.07) is 17.9. The van der Waals surface area contributed by atoms with Crippen LogP contribution in [-0.4, -0.2) is 33.2 Å². The average molecular weight is 553 g/mol. The zero-order valence-electron chi connectivity index (χ0n) is 18.0. The Kier molecular flexibility index (Phi) is 8.01. The highest BCUT2D eigenvalue weighted by Crippen LogP contribution is 2.23. The molecule has 0 saturated carbocycles. The molecule has 176 valence electrons. The summed E-state index contributed by atoms with van der Waals surface area (Å²) >= 11 is 4.79. The van der Waals surface area contributed by atoms with Crippen LogP contribution >= 0.6 is 27.7 Å². The number of halogens is 2. The van der Waals surface area contributed by atoms with Crippen molar-refractivity contribution in [2.45, 2.75) is 10.9 Å². The number of benzene rings is 3. The van der Waals surface area contributed by atoms with Gasteiger partial charge in [0, 0.05) is 15.8 Å². The fourth-order valence-corrected chi connectivity index (χ4v) is 4.12. The van der Waals surface area contributed by atoms with Crippen molar-refractivity contribution in [1.29, 1.82) is 0 Å². The third kappa shape index (κ3) is 6.84. The molecule has 0 radical (unpaired) electrons. The van der Waals surface area contributed by atoms with E-state index in [0.717, 1.165) is 5.56 Å². The smallest absolute Gasteiger partial charge is 0.273 e. The Morgan fingerprint density at radius 3 is 2.74 bits per heavy atom. The van der Waals surface area contributed by atoms with Crippen molar-refractivity contribution in [2.24, 2.45) is 5.10 Å². The molecule has 35 heavy (non-hydrogen) atoms. The zero-order valence-corrected chi connectivity index (χ0v) is 20.4. The number of carbonyl (C=O) groups is 2. The molecule has 1 aromatic heterocycles. The van der Waals surface area contributed by atoms with Gasteiger partial charge in [-0.25, -0.2) is 14.8 Å². The minimum absolute atomic E-state index is 0.209. The van der Waals surface area contributed by atoms with Crippen LogP contribution in [0.1, 0.15) is 31.8 Å². The van der Waals surface area contributed by atoms with Gasteiger partial charge >= 0.3 is 0 Å². The molecule has 0 aliphatic carbocycles. The Bertz CT molecular complexity index is 1380. The van der Waals surface area contributed by atoms with Gasteiger partial charge in [0.25, 0.3) is 11.8 Å². The third-order valence-corrected chi connectivity index (χ3v) is 6.08. The molecule has 0 aliphatic heterocycles. The summed E-state index contributed by atoms with van der Waals surface area (Å²) in [6.07, 6.45) is 2.84. The predicted octanol–water partition coefficient (Wildman–Crippen LogP) is 5.01. The molecule has 0 fully saturated rings. The van der Waals surface area contributed by atoms with E-state index in [1.54, 1.807) is 48.5 Å². The molecule has 0 bridgehead atoms. The van der Waals surface area contributed by atoms with E-state index in [-0.39, 0.29) is 11.5 Å². The van der Waals surface area contributed by atoms with E-state index in [9.17, 15) is 14.0 Å². The highest BCUT2D eigenvalue weighted by Gasteiger charge is 2.15. The summed E-state index contributed by atoms with van der Waals surface area (Å²) in [7, 11) is 0. The molecule has 0 saturated heterocycles. The van der Waals surface area contributed by atoms with E-state index in [0.29, 0.717) is 32.2 Å². The van der Waals surface area contributed by atoms with E-state index in [1.165, 1.54) is 36.4 Å². The van der Waals surface area contributed by atoms with Crippen LogP contribution in [0.25, 0.3) is 0 Å². The largest absolute Gasteiger partial charge is 0.321 e. The van der Waals surface area contributed by atoms with Crippen LogP contribution in [0.4, 0.5) is 10.1 Å². The van der Waals surface area contributed by atoms with Crippen molar-refractivity contribution in [3.8, 4) is 0 Å². The molecule has 0 spiro atoms. The van der Waals surface area contributed by atoms with Gasteiger partial charge in [0.2, 0.25) is 5.16 Å². The maximum Gasteiger partial charge on any atom is 0.273 e. The van der Waals surface area contributed by atoms with Gasteiger partial charge in [0.1, 0.15) is 12.1 Å². The number of hydrogen-bond donors (Lipinski definition) is 3. The second kappa shape index (κ2) is 11.5. The van der Waals surface area contributed by atoms with Crippen LogP contribution in [0.3, 0.4) is 0 Å². The topological polar surface area (TPSA) is 112 Å². The summed E-state index contributed by atoms with van der Waals surface area (Å²) in [5.74, 6) is -0.716. The molecule has 0 unspecified atom stereocenters. The maximum absolute atomic E-state index is 13.3. The van der Waals surface area contributed by atoms with E-state index in [4.69, 9.17) is 0 Å². The van der Waals surface area contributed by atoms with Crippen molar-refractivity contribution in [2.75, 3.05) is 5.32 Å². The number of hydrazone groups is 1. The molecule has 4 aromatic rings. The van der Waals surface area contributed by atoms with Gasteiger partial charge in [-0.05, 0) is 53.6 Å². The minimum atomic E-state index is -0.536. The van der Waals surface area contributed by atoms with Crippen LogP contribution in [0.2, 0.25) is 0 Å². The average Bonchev–Trinajstić information content (AvgIpc) is 3.38. The molecule has 3 aromatic carbocycles. The molecule has 0 atom stereocenters. The summed E-state index contributed by atoms with van der Waals surface area (Å²) in [5.41, 5.74) is 4.79. The minimum Gasteiger partial charge on any atom is -0.321 e. The first-order valence-corrected chi connectivity index (χ1v) is 12.0. The van der Waals surface area contributed by atoms with Crippen LogP contribution in [-0.2, 0) is 5.75 Å². The first-order valence-electron chi connectivity index (χ1n) is 10.3. The number of aromatic amines is 1. The maximum atomic E-state index is 13.3. The SMILES string of the molecule is O=C(Nc1ccc(Br)cc1C(=O)N/N=C/c1cccc(F)c1)c1cccc(CSc2nc[nH]n2)c1. The van der Waals surface area contributed by atoms with Gasteiger partial charge in [-0.15, -0.1) is 5.10 Å². The lowest BCUT2D eigenvalue weighted by Gasteiger charge is -2.11. The molecular weight excluding hydrogens is 535 g/mol. The van der Waals surface area contributed by atoms with Crippen LogP contribution in [0.15, 0.2) is 87.8 Å². The molecule has 11 heteroatoms. The van der Waals surface area contributed by atoms with E-state index >= 15 is 0 Å². The number of hydrogen-bond acceptors (Lipinski definition) is 6. The van der Waals surface area contributed by atoms with Gasteiger partial charge in [-0.1, -0.05) is 52.0 Å². The quantitative estimate of drug-likeness (QED) is 0.161. The molecule has 3 N–H and O–H groups in total. The van der Waals surface area contributed by atoms with Gasteiger partial charge in [0.05, 0.1) is 17.5 Å². The third-order valence-electron chi connectivity index (χ3n) is 4.65. The Labute approximate surface area is 212 Å². The molecule has 1 heterocycles. The van der Waals surface area contributed by atoms with Crippen molar-refractivity contribution >= 4 is 51.4 Å². The summed E-state index contributed by atoms with van der Waals surface area (Å²) in [4.78, 5) is 29.8. The highest BCUT2D eigenvalue weighted by molar-refractivity contribution is 9.10. The van der Waals surface area contributed by atoms with Gasteiger partial charge < -0.3 is 5.32 Å².